The van der Waals surface area contributed by atoms with E-state index in [1.54, 1.807) is 0 Å². The summed E-state index contributed by atoms with van der Waals surface area (Å²) in [6, 6.07) is 3.27. The van der Waals surface area contributed by atoms with Crippen molar-refractivity contribution in [3.63, 3.8) is 0 Å². The molecule has 2 aliphatic rings. The van der Waals surface area contributed by atoms with Gasteiger partial charge in [-0.15, -0.1) is 23.1 Å². The van der Waals surface area contributed by atoms with Crippen LogP contribution in [0.2, 0.25) is 0 Å². The first kappa shape index (κ1) is 13.0. The van der Waals surface area contributed by atoms with E-state index in [1.807, 2.05) is 23.1 Å². The normalized spacial score (nSPS) is 36.3. The number of hydrogen-bond donors (Lipinski definition) is 2. The third-order valence-electron chi connectivity index (χ3n) is 3.99. The Morgan fingerprint density at radius 3 is 3.06 bits per heavy atom. The van der Waals surface area contributed by atoms with Crippen molar-refractivity contribution in [1.82, 2.24) is 5.32 Å². The zero-order valence-electron chi connectivity index (χ0n) is 10.8. The Labute approximate surface area is 117 Å². The van der Waals surface area contributed by atoms with Crippen molar-refractivity contribution in [2.24, 2.45) is 0 Å². The van der Waals surface area contributed by atoms with Crippen molar-refractivity contribution in [1.29, 1.82) is 0 Å². The highest BCUT2D eigenvalue weighted by molar-refractivity contribution is 8.01. The largest absolute Gasteiger partial charge is 0.393 e. The molecule has 0 saturated heterocycles. The third-order valence-corrected chi connectivity index (χ3v) is 6.34. The fourth-order valence-electron chi connectivity index (χ4n) is 3.11. The van der Waals surface area contributed by atoms with Crippen LogP contribution in [0.4, 0.5) is 0 Å². The molecule has 1 aromatic rings. The molecule has 1 aliphatic carbocycles. The predicted octanol–water partition coefficient (Wildman–Crippen LogP) is 3.57. The lowest BCUT2D eigenvalue weighted by molar-refractivity contribution is 0.108. The highest BCUT2D eigenvalue weighted by Gasteiger charge is 2.29. The van der Waals surface area contributed by atoms with Gasteiger partial charge in [0.2, 0.25) is 0 Å². The van der Waals surface area contributed by atoms with Gasteiger partial charge in [0.15, 0.2) is 0 Å². The first-order chi connectivity index (χ1) is 8.72. The Hall–Kier alpha value is -0.0300. The number of hydrogen-bond acceptors (Lipinski definition) is 4. The molecule has 2 heterocycles. The Morgan fingerprint density at radius 1 is 1.33 bits per heavy atom. The smallest absolute Gasteiger partial charge is 0.0649 e. The SMILES string of the molecule is C[C@H]1CC(NC2CCCC(O)C2)c2ccsc2S1. The Bertz CT molecular complexity index is 406. The maximum absolute atomic E-state index is 9.77. The second-order valence-electron chi connectivity index (χ2n) is 5.56. The molecule has 2 nitrogen and oxygen atoms in total. The summed E-state index contributed by atoms with van der Waals surface area (Å²) >= 11 is 3.88. The van der Waals surface area contributed by atoms with Crippen LogP contribution in [0, 0.1) is 0 Å². The summed E-state index contributed by atoms with van der Waals surface area (Å²) < 4.78 is 1.49. The zero-order chi connectivity index (χ0) is 12.5. The molecule has 1 saturated carbocycles. The van der Waals surface area contributed by atoms with Gasteiger partial charge in [0, 0.05) is 17.3 Å². The van der Waals surface area contributed by atoms with Crippen LogP contribution in [0.25, 0.3) is 0 Å². The maximum atomic E-state index is 9.77. The molecule has 2 N–H and O–H groups in total. The third kappa shape index (κ3) is 2.77. The van der Waals surface area contributed by atoms with Crippen molar-refractivity contribution in [2.75, 3.05) is 0 Å². The van der Waals surface area contributed by atoms with Gasteiger partial charge in [-0.2, -0.15) is 0 Å². The summed E-state index contributed by atoms with van der Waals surface area (Å²) in [5.41, 5.74) is 1.49. The van der Waals surface area contributed by atoms with Crippen LogP contribution in [0.15, 0.2) is 15.7 Å². The van der Waals surface area contributed by atoms with Gasteiger partial charge >= 0.3 is 0 Å². The van der Waals surface area contributed by atoms with Gasteiger partial charge in [0.05, 0.1) is 10.3 Å². The number of rotatable bonds is 2. The minimum atomic E-state index is -0.0893. The van der Waals surface area contributed by atoms with E-state index >= 15 is 0 Å². The van der Waals surface area contributed by atoms with E-state index in [4.69, 9.17) is 0 Å². The van der Waals surface area contributed by atoms with E-state index in [1.165, 1.54) is 22.6 Å². The average Bonchev–Trinajstić information content (AvgIpc) is 2.77. The molecule has 0 spiro atoms. The van der Waals surface area contributed by atoms with Gasteiger partial charge in [0.25, 0.3) is 0 Å². The summed E-state index contributed by atoms with van der Waals surface area (Å²) in [4.78, 5) is 0. The zero-order valence-corrected chi connectivity index (χ0v) is 12.4. The first-order valence-corrected chi connectivity index (χ1v) is 8.66. The first-order valence-electron chi connectivity index (χ1n) is 6.90. The molecule has 4 atom stereocenters. The Kier molecular flexibility index (Phi) is 3.99. The molecule has 3 rings (SSSR count). The quantitative estimate of drug-likeness (QED) is 0.870. The Balaban J connectivity index is 1.69. The van der Waals surface area contributed by atoms with Crippen LogP contribution in [0.1, 0.15) is 50.6 Å². The van der Waals surface area contributed by atoms with Gasteiger partial charge in [-0.05, 0) is 49.1 Å². The average molecular weight is 283 g/mol. The molecular weight excluding hydrogens is 262 g/mol. The van der Waals surface area contributed by atoms with Crippen LogP contribution in [0.3, 0.4) is 0 Å². The Morgan fingerprint density at radius 2 is 2.22 bits per heavy atom. The number of aliphatic hydroxyl groups is 1. The number of thioether (sulfide) groups is 1. The summed E-state index contributed by atoms with van der Waals surface area (Å²) in [7, 11) is 0. The monoisotopic (exact) mass is 283 g/mol. The molecule has 4 heteroatoms. The topological polar surface area (TPSA) is 32.3 Å². The van der Waals surface area contributed by atoms with Crippen LogP contribution < -0.4 is 5.32 Å². The van der Waals surface area contributed by atoms with Gasteiger partial charge in [-0.3, -0.25) is 0 Å². The number of aliphatic hydroxyl groups excluding tert-OH is 1. The van der Waals surface area contributed by atoms with Crippen LogP contribution in [0.5, 0.6) is 0 Å². The lowest BCUT2D eigenvalue weighted by Crippen LogP contribution is -2.39. The summed E-state index contributed by atoms with van der Waals surface area (Å²) in [6.07, 6.45) is 5.41. The molecule has 0 aromatic carbocycles. The number of nitrogens with one attached hydrogen (secondary N) is 1. The minimum absolute atomic E-state index is 0.0893. The molecule has 3 unspecified atom stereocenters. The van der Waals surface area contributed by atoms with E-state index in [2.05, 4.69) is 23.7 Å². The summed E-state index contributed by atoms with van der Waals surface area (Å²) in [5, 5.41) is 16.5. The minimum Gasteiger partial charge on any atom is -0.393 e. The molecule has 18 heavy (non-hydrogen) atoms. The van der Waals surface area contributed by atoms with Crippen LogP contribution in [-0.2, 0) is 0 Å². The van der Waals surface area contributed by atoms with Gasteiger partial charge in [-0.25, -0.2) is 0 Å². The molecule has 0 radical (unpaired) electrons. The second kappa shape index (κ2) is 5.53. The van der Waals surface area contributed by atoms with Gasteiger partial charge in [0.1, 0.15) is 0 Å². The van der Waals surface area contributed by atoms with E-state index in [-0.39, 0.29) is 6.10 Å². The maximum Gasteiger partial charge on any atom is 0.0649 e. The number of thiophene rings is 1. The molecule has 0 amide bonds. The predicted molar refractivity (Wildman–Crippen MR) is 78.4 cm³/mol. The van der Waals surface area contributed by atoms with E-state index in [9.17, 15) is 5.11 Å². The van der Waals surface area contributed by atoms with Crippen molar-refractivity contribution in [3.05, 3.63) is 17.0 Å². The van der Waals surface area contributed by atoms with E-state index in [0.717, 1.165) is 19.3 Å². The molecule has 100 valence electrons. The van der Waals surface area contributed by atoms with Crippen molar-refractivity contribution >= 4 is 23.1 Å². The van der Waals surface area contributed by atoms with Crippen LogP contribution in [-0.4, -0.2) is 22.5 Å². The molecule has 1 aliphatic heterocycles. The highest BCUT2D eigenvalue weighted by Crippen LogP contribution is 2.44. The lowest BCUT2D eigenvalue weighted by Gasteiger charge is -2.34. The summed E-state index contributed by atoms with van der Waals surface area (Å²) in [5.74, 6) is 0. The number of fused-ring (bicyclic) bond motifs is 1. The molecule has 0 bridgehead atoms. The molecular formula is C14H21NOS2. The lowest BCUT2D eigenvalue weighted by atomic mass is 9.91. The van der Waals surface area contributed by atoms with E-state index in [0.29, 0.717) is 17.3 Å². The van der Waals surface area contributed by atoms with Crippen LogP contribution >= 0.6 is 23.1 Å². The second-order valence-corrected chi connectivity index (χ2v) is 8.19. The van der Waals surface area contributed by atoms with Gasteiger partial charge < -0.3 is 10.4 Å². The summed E-state index contributed by atoms with van der Waals surface area (Å²) in [6.45, 7) is 2.32. The van der Waals surface area contributed by atoms with Crippen molar-refractivity contribution in [2.45, 2.75) is 66.7 Å². The van der Waals surface area contributed by atoms with E-state index < -0.39 is 0 Å². The fourth-order valence-corrected chi connectivity index (χ4v) is 5.67. The molecule has 1 aromatic heterocycles. The highest BCUT2D eigenvalue weighted by atomic mass is 32.2. The van der Waals surface area contributed by atoms with Crippen molar-refractivity contribution < 1.29 is 5.11 Å². The van der Waals surface area contributed by atoms with Gasteiger partial charge in [-0.1, -0.05) is 6.92 Å². The molecule has 1 fully saturated rings. The van der Waals surface area contributed by atoms with Crippen molar-refractivity contribution in [3.8, 4) is 0 Å². The fraction of sp³-hybridized carbons (Fsp3) is 0.714. The standard InChI is InChI=1S/C14H21NOS2/c1-9-7-13(12-5-6-17-14(12)18-9)15-10-3-2-4-11(16)8-10/h5-6,9-11,13,15-16H,2-4,7-8H2,1H3/t9-,10?,11?,13?/m0/s1.